The molecule has 1 aliphatic heterocycles. The van der Waals surface area contributed by atoms with E-state index < -0.39 is 18.0 Å². The summed E-state index contributed by atoms with van der Waals surface area (Å²) in [7, 11) is 0. The number of urea groups is 1. The fraction of sp³-hybridized carbons (Fsp3) is 0.947. The van der Waals surface area contributed by atoms with E-state index in [0.29, 0.717) is 19.4 Å². The van der Waals surface area contributed by atoms with Crippen LogP contribution in [-0.4, -0.2) is 47.4 Å². The van der Waals surface area contributed by atoms with Crippen molar-refractivity contribution in [3.63, 3.8) is 0 Å². The van der Waals surface area contributed by atoms with Crippen LogP contribution >= 0.6 is 0 Å². The van der Waals surface area contributed by atoms with E-state index in [1.807, 2.05) is 0 Å². The molecule has 3 aliphatic rings. The van der Waals surface area contributed by atoms with Crippen molar-refractivity contribution in [3.05, 3.63) is 0 Å². The molecule has 1 heterocycles. The topological polar surface area (TPSA) is 52.6 Å². The molecule has 0 aromatic carbocycles. The average molecular weight is 376 g/mol. The second kappa shape index (κ2) is 8.36. The van der Waals surface area contributed by atoms with Gasteiger partial charge in [0.05, 0.1) is 12.0 Å². The van der Waals surface area contributed by atoms with Crippen LogP contribution in [0.3, 0.4) is 0 Å². The van der Waals surface area contributed by atoms with Crippen LogP contribution in [0.1, 0.15) is 64.2 Å². The molecule has 1 saturated heterocycles. The Hall–Kier alpha value is -0.980. The first-order chi connectivity index (χ1) is 12.4. The van der Waals surface area contributed by atoms with E-state index in [4.69, 9.17) is 0 Å². The zero-order chi connectivity index (χ0) is 18.7. The Balaban J connectivity index is 1.56. The van der Waals surface area contributed by atoms with Gasteiger partial charge in [-0.25, -0.2) is 4.79 Å². The summed E-state index contributed by atoms with van der Waals surface area (Å²) in [5, 5.41) is 13.1. The third-order valence-corrected chi connectivity index (χ3v) is 6.68. The van der Waals surface area contributed by atoms with E-state index in [0.717, 1.165) is 44.9 Å². The van der Waals surface area contributed by atoms with Crippen LogP contribution in [0.2, 0.25) is 0 Å². The van der Waals surface area contributed by atoms with Crippen molar-refractivity contribution in [1.29, 1.82) is 0 Å². The van der Waals surface area contributed by atoms with Gasteiger partial charge in [-0.05, 0) is 44.4 Å². The normalized spacial score (nSPS) is 36.2. The molecular weight excluding hydrogens is 345 g/mol. The molecule has 0 bridgehead atoms. The van der Waals surface area contributed by atoms with Crippen LogP contribution in [0.25, 0.3) is 0 Å². The first-order valence-corrected chi connectivity index (χ1v) is 10.2. The number of nitrogens with one attached hydrogen (secondary N) is 1. The molecule has 0 spiro atoms. The van der Waals surface area contributed by atoms with Crippen molar-refractivity contribution in [1.82, 2.24) is 10.2 Å². The highest BCUT2D eigenvalue weighted by Crippen LogP contribution is 2.41. The number of carbonyl (C=O) groups is 1. The average Bonchev–Trinajstić information content (AvgIpc) is 3.09. The van der Waals surface area contributed by atoms with Gasteiger partial charge < -0.3 is 15.3 Å². The smallest absolute Gasteiger partial charge is 0.392 e. The van der Waals surface area contributed by atoms with Crippen molar-refractivity contribution in [2.45, 2.75) is 82.5 Å². The van der Waals surface area contributed by atoms with Gasteiger partial charge in [0.2, 0.25) is 0 Å². The number of carbonyl (C=O) groups excluding carboxylic acids is 1. The fourth-order valence-corrected chi connectivity index (χ4v) is 5.28. The summed E-state index contributed by atoms with van der Waals surface area (Å²) in [5.74, 6) is -1.71. The van der Waals surface area contributed by atoms with E-state index in [-0.39, 0.29) is 37.1 Å². The first-order valence-electron chi connectivity index (χ1n) is 10.2. The van der Waals surface area contributed by atoms with E-state index in [2.05, 4.69) is 5.32 Å². The lowest BCUT2D eigenvalue weighted by molar-refractivity contribution is -0.195. The van der Waals surface area contributed by atoms with Crippen LogP contribution in [0.15, 0.2) is 0 Å². The van der Waals surface area contributed by atoms with E-state index in [1.165, 1.54) is 0 Å². The maximum atomic E-state index is 13.2. The summed E-state index contributed by atoms with van der Waals surface area (Å²) in [6.45, 7) is 0.729. The largest absolute Gasteiger partial charge is 0.393 e. The van der Waals surface area contributed by atoms with Crippen molar-refractivity contribution in [2.24, 2.45) is 17.8 Å². The Morgan fingerprint density at radius 3 is 2.42 bits per heavy atom. The van der Waals surface area contributed by atoms with Crippen LogP contribution in [0, 0.1) is 17.8 Å². The quantitative estimate of drug-likeness (QED) is 0.780. The maximum absolute atomic E-state index is 13.2. The number of hydrogen-bond donors (Lipinski definition) is 2. The number of alkyl halides is 3. The highest BCUT2D eigenvalue weighted by molar-refractivity contribution is 5.74. The Kier molecular flexibility index (Phi) is 6.36. The lowest BCUT2D eigenvalue weighted by atomic mass is 9.78. The molecule has 2 N–H and O–H groups in total. The van der Waals surface area contributed by atoms with Crippen molar-refractivity contribution in [3.8, 4) is 0 Å². The Labute approximate surface area is 153 Å². The lowest BCUT2D eigenvalue weighted by Gasteiger charge is -2.38. The minimum atomic E-state index is -4.18. The molecule has 2 amide bonds. The van der Waals surface area contributed by atoms with Gasteiger partial charge in [-0.1, -0.05) is 25.7 Å². The molecule has 3 fully saturated rings. The van der Waals surface area contributed by atoms with Gasteiger partial charge in [0, 0.05) is 25.0 Å². The third kappa shape index (κ3) is 4.46. The third-order valence-electron chi connectivity index (χ3n) is 6.68. The van der Waals surface area contributed by atoms with Gasteiger partial charge in [0.1, 0.15) is 0 Å². The molecule has 3 rings (SSSR count). The summed E-state index contributed by atoms with van der Waals surface area (Å²) in [6, 6.07) is -0.230. The Morgan fingerprint density at radius 1 is 1.00 bits per heavy atom. The second-order valence-corrected chi connectivity index (χ2v) is 8.30. The number of hydrogen-bond acceptors (Lipinski definition) is 2. The van der Waals surface area contributed by atoms with Crippen molar-refractivity contribution < 1.29 is 23.1 Å². The molecule has 0 radical (unpaired) electrons. The molecule has 4 nitrogen and oxygen atoms in total. The van der Waals surface area contributed by atoms with Gasteiger partial charge in [0.15, 0.2) is 0 Å². The minimum Gasteiger partial charge on any atom is -0.393 e. The molecule has 26 heavy (non-hydrogen) atoms. The molecular formula is C19H31F3N2O2. The van der Waals surface area contributed by atoms with Crippen LogP contribution in [-0.2, 0) is 0 Å². The van der Waals surface area contributed by atoms with Crippen molar-refractivity contribution >= 4 is 6.03 Å². The second-order valence-electron chi connectivity index (χ2n) is 8.30. The maximum Gasteiger partial charge on any atom is 0.392 e. The summed E-state index contributed by atoms with van der Waals surface area (Å²) < 4.78 is 39.6. The van der Waals surface area contributed by atoms with Gasteiger partial charge >= 0.3 is 12.2 Å². The lowest BCUT2D eigenvalue weighted by Crippen LogP contribution is -2.50. The summed E-state index contributed by atoms with van der Waals surface area (Å²) in [5.41, 5.74) is 0. The summed E-state index contributed by atoms with van der Waals surface area (Å²) >= 11 is 0. The zero-order valence-corrected chi connectivity index (χ0v) is 15.3. The molecule has 2 aliphatic carbocycles. The van der Waals surface area contributed by atoms with Gasteiger partial charge in [-0.15, -0.1) is 0 Å². The molecule has 0 aromatic rings. The number of aliphatic hydroxyl groups excluding tert-OH is 1. The van der Waals surface area contributed by atoms with Crippen LogP contribution in [0.4, 0.5) is 18.0 Å². The molecule has 2 saturated carbocycles. The van der Waals surface area contributed by atoms with Gasteiger partial charge in [-0.2, -0.15) is 13.2 Å². The molecule has 0 aromatic heterocycles. The number of halogens is 3. The SMILES string of the molecule is O=C(NCC1CCCCC1C(F)(F)F)N1CCCC1C1CCCCC1O. The number of aliphatic hydroxyl groups is 1. The molecule has 7 heteroatoms. The monoisotopic (exact) mass is 376 g/mol. The Bertz CT molecular complexity index is 486. The van der Waals surface area contributed by atoms with E-state index in [1.54, 1.807) is 4.90 Å². The van der Waals surface area contributed by atoms with Crippen molar-refractivity contribution in [2.75, 3.05) is 13.1 Å². The number of amides is 2. The van der Waals surface area contributed by atoms with Gasteiger partial charge in [0.25, 0.3) is 0 Å². The predicted molar refractivity (Wildman–Crippen MR) is 92.6 cm³/mol. The summed E-state index contributed by atoms with van der Waals surface area (Å²) in [4.78, 5) is 14.4. The van der Waals surface area contributed by atoms with Crippen LogP contribution in [0.5, 0.6) is 0 Å². The Morgan fingerprint density at radius 2 is 1.69 bits per heavy atom. The minimum absolute atomic E-state index is 0.0232. The molecule has 5 unspecified atom stereocenters. The molecule has 150 valence electrons. The first kappa shape index (κ1) is 19.8. The van der Waals surface area contributed by atoms with Crippen LogP contribution < -0.4 is 5.32 Å². The molecule has 5 atom stereocenters. The number of nitrogens with zero attached hydrogens (tertiary/aromatic N) is 1. The van der Waals surface area contributed by atoms with E-state index in [9.17, 15) is 23.1 Å². The number of rotatable bonds is 3. The number of likely N-dealkylation sites (tertiary alicyclic amines) is 1. The standard InChI is InChI=1S/C19H31F3N2O2/c20-19(21,22)15-8-3-1-6-13(15)12-23-18(26)24-11-5-9-16(24)14-7-2-4-10-17(14)25/h13-17,25H,1-12H2,(H,23,26). The zero-order valence-electron chi connectivity index (χ0n) is 15.3. The highest BCUT2D eigenvalue weighted by Gasteiger charge is 2.45. The van der Waals surface area contributed by atoms with E-state index >= 15 is 0 Å². The fourth-order valence-electron chi connectivity index (χ4n) is 5.28. The summed E-state index contributed by atoms with van der Waals surface area (Å²) in [6.07, 6.45) is 3.14. The van der Waals surface area contributed by atoms with Gasteiger partial charge in [-0.3, -0.25) is 0 Å². The highest BCUT2D eigenvalue weighted by atomic mass is 19.4. The predicted octanol–water partition coefficient (Wildman–Crippen LogP) is 4.08.